The molecule has 0 bridgehead atoms. The first-order valence-electron chi connectivity index (χ1n) is 9.40. The highest BCUT2D eigenvalue weighted by molar-refractivity contribution is 5.85. The summed E-state index contributed by atoms with van der Waals surface area (Å²) in [7, 11) is 1.88. The summed E-state index contributed by atoms with van der Waals surface area (Å²) in [6.07, 6.45) is 10.7. The number of nitrogens with one attached hydrogen (secondary N) is 3. The van der Waals surface area contributed by atoms with Crippen molar-refractivity contribution >= 4 is 24.2 Å². The summed E-state index contributed by atoms with van der Waals surface area (Å²) in [5.74, 6) is 1.11. The molecule has 0 spiro atoms. The molecule has 0 heterocycles. The Balaban J connectivity index is 0.00000288. The van der Waals surface area contributed by atoms with Gasteiger partial charge in [-0.25, -0.2) is 0 Å². The van der Waals surface area contributed by atoms with E-state index in [1.54, 1.807) is 0 Å². The van der Waals surface area contributed by atoms with E-state index in [9.17, 15) is 9.59 Å². The number of hydrogen-bond donors (Lipinski definition) is 3. The summed E-state index contributed by atoms with van der Waals surface area (Å²) in [5, 5.41) is 9.20. The van der Waals surface area contributed by atoms with E-state index < -0.39 is 0 Å². The molecule has 2 saturated carbocycles. The van der Waals surface area contributed by atoms with E-state index >= 15 is 0 Å². The lowest BCUT2D eigenvalue weighted by molar-refractivity contribution is -0.126. The number of hydrogen-bond acceptors (Lipinski definition) is 3. The van der Waals surface area contributed by atoms with Gasteiger partial charge in [0.2, 0.25) is 11.8 Å². The molecule has 6 heteroatoms. The Morgan fingerprint density at radius 2 is 1.58 bits per heavy atom. The van der Waals surface area contributed by atoms with Crippen molar-refractivity contribution in [3.05, 3.63) is 0 Å². The van der Waals surface area contributed by atoms with Gasteiger partial charge in [0, 0.05) is 31.5 Å². The van der Waals surface area contributed by atoms with E-state index in [0.717, 1.165) is 32.2 Å². The minimum atomic E-state index is 0. The van der Waals surface area contributed by atoms with Crippen LogP contribution < -0.4 is 16.0 Å². The minimum absolute atomic E-state index is 0. The predicted molar refractivity (Wildman–Crippen MR) is 99.3 cm³/mol. The normalized spacial score (nSPS) is 24.7. The molecule has 2 aliphatic rings. The highest BCUT2D eigenvalue weighted by Gasteiger charge is 2.27. The Morgan fingerprint density at radius 3 is 2.21 bits per heavy atom. The second-order valence-corrected chi connectivity index (χ2v) is 7.22. The van der Waals surface area contributed by atoms with Gasteiger partial charge in [-0.3, -0.25) is 9.59 Å². The van der Waals surface area contributed by atoms with Crippen LogP contribution in [0.15, 0.2) is 0 Å². The average molecular weight is 360 g/mol. The van der Waals surface area contributed by atoms with Gasteiger partial charge in [0.25, 0.3) is 0 Å². The quantitative estimate of drug-likeness (QED) is 0.611. The smallest absolute Gasteiger partial charge is 0.223 e. The maximum Gasteiger partial charge on any atom is 0.223 e. The number of rotatable bonds is 7. The van der Waals surface area contributed by atoms with Crippen LogP contribution in [0.4, 0.5) is 0 Å². The molecule has 0 atom stereocenters. The molecule has 0 aromatic heterocycles. The Labute approximate surface area is 152 Å². The molecule has 0 aliphatic heterocycles. The predicted octanol–water partition coefficient (Wildman–Crippen LogP) is 2.39. The van der Waals surface area contributed by atoms with Crippen molar-refractivity contribution in [3.63, 3.8) is 0 Å². The lowest BCUT2D eigenvalue weighted by Gasteiger charge is -2.29. The van der Waals surface area contributed by atoms with E-state index in [1.807, 2.05) is 7.05 Å². The molecule has 0 unspecified atom stereocenters. The maximum atomic E-state index is 12.2. The molecule has 3 N–H and O–H groups in total. The molecule has 5 nitrogen and oxygen atoms in total. The SMILES string of the molecule is CNCCNC(=O)C1CCC(NC(=O)CC2CCCCC2)CC1.Cl. The standard InChI is InChI=1S/C18H33N3O2.ClH/c1-19-11-12-20-18(23)15-7-9-16(10-8-15)21-17(22)13-14-5-3-2-4-6-14;/h14-16,19H,2-13H2,1H3,(H,20,23)(H,21,22);1H. The van der Waals surface area contributed by atoms with Gasteiger partial charge in [0.05, 0.1) is 0 Å². The van der Waals surface area contributed by atoms with Crippen LogP contribution in [0.2, 0.25) is 0 Å². The molecule has 2 rings (SSSR count). The number of carbonyl (C=O) groups is 2. The molecule has 24 heavy (non-hydrogen) atoms. The second kappa shape index (κ2) is 11.7. The van der Waals surface area contributed by atoms with E-state index in [1.165, 1.54) is 32.1 Å². The van der Waals surface area contributed by atoms with Crippen LogP contribution >= 0.6 is 12.4 Å². The zero-order valence-corrected chi connectivity index (χ0v) is 15.8. The van der Waals surface area contributed by atoms with Crippen LogP contribution in [0.3, 0.4) is 0 Å². The first kappa shape index (κ1) is 21.2. The van der Waals surface area contributed by atoms with Crippen molar-refractivity contribution in [2.75, 3.05) is 20.1 Å². The van der Waals surface area contributed by atoms with Crippen molar-refractivity contribution in [3.8, 4) is 0 Å². The first-order valence-corrected chi connectivity index (χ1v) is 9.40. The molecular formula is C18H34ClN3O2. The van der Waals surface area contributed by atoms with Gasteiger partial charge in [-0.2, -0.15) is 0 Å². The summed E-state index contributed by atoms with van der Waals surface area (Å²) in [6.45, 7) is 1.49. The Hall–Kier alpha value is -0.810. The monoisotopic (exact) mass is 359 g/mol. The summed E-state index contributed by atoms with van der Waals surface area (Å²) in [6, 6.07) is 0.271. The lowest BCUT2D eigenvalue weighted by Crippen LogP contribution is -2.42. The Bertz CT molecular complexity index is 378. The van der Waals surface area contributed by atoms with Crippen molar-refractivity contribution < 1.29 is 9.59 Å². The fourth-order valence-electron chi connectivity index (χ4n) is 3.90. The van der Waals surface area contributed by atoms with Gasteiger partial charge >= 0.3 is 0 Å². The largest absolute Gasteiger partial charge is 0.355 e. The van der Waals surface area contributed by atoms with Gasteiger partial charge in [0.15, 0.2) is 0 Å². The summed E-state index contributed by atoms with van der Waals surface area (Å²) < 4.78 is 0. The van der Waals surface area contributed by atoms with E-state index in [-0.39, 0.29) is 36.2 Å². The Kier molecular flexibility index (Phi) is 10.3. The summed E-state index contributed by atoms with van der Waals surface area (Å²) in [5.41, 5.74) is 0. The van der Waals surface area contributed by atoms with Crippen molar-refractivity contribution in [2.24, 2.45) is 11.8 Å². The zero-order chi connectivity index (χ0) is 16.5. The molecule has 0 saturated heterocycles. The Morgan fingerprint density at radius 1 is 0.917 bits per heavy atom. The van der Waals surface area contributed by atoms with Gasteiger partial charge in [-0.05, 0) is 51.5 Å². The minimum Gasteiger partial charge on any atom is -0.355 e. The van der Waals surface area contributed by atoms with E-state index in [2.05, 4.69) is 16.0 Å². The maximum absolute atomic E-state index is 12.2. The average Bonchev–Trinajstić information content (AvgIpc) is 2.56. The van der Waals surface area contributed by atoms with Crippen molar-refractivity contribution in [2.45, 2.75) is 70.3 Å². The van der Waals surface area contributed by atoms with E-state index in [0.29, 0.717) is 18.9 Å². The molecule has 0 aromatic rings. The highest BCUT2D eigenvalue weighted by atomic mass is 35.5. The van der Waals surface area contributed by atoms with Crippen LogP contribution in [-0.2, 0) is 9.59 Å². The second-order valence-electron chi connectivity index (χ2n) is 7.22. The molecule has 2 amide bonds. The highest BCUT2D eigenvalue weighted by Crippen LogP contribution is 2.27. The van der Waals surface area contributed by atoms with E-state index in [4.69, 9.17) is 0 Å². The third kappa shape index (κ3) is 7.39. The molecular weight excluding hydrogens is 326 g/mol. The van der Waals surface area contributed by atoms with Crippen LogP contribution in [0.25, 0.3) is 0 Å². The number of halogens is 1. The van der Waals surface area contributed by atoms with Crippen LogP contribution in [0, 0.1) is 11.8 Å². The molecule has 0 aromatic carbocycles. The van der Waals surface area contributed by atoms with Crippen LogP contribution in [0.5, 0.6) is 0 Å². The summed E-state index contributed by atoms with van der Waals surface area (Å²) >= 11 is 0. The third-order valence-corrected chi connectivity index (χ3v) is 5.34. The topological polar surface area (TPSA) is 70.2 Å². The molecule has 2 fully saturated rings. The third-order valence-electron chi connectivity index (χ3n) is 5.34. The first-order chi connectivity index (χ1) is 11.2. The van der Waals surface area contributed by atoms with Crippen LogP contribution in [-0.4, -0.2) is 38.0 Å². The fourth-order valence-corrected chi connectivity index (χ4v) is 3.90. The number of amides is 2. The number of likely N-dealkylation sites (N-methyl/N-ethyl adjacent to an activating group) is 1. The summed E-state index contributed by atoms with van der Waals surface area (Å²) in [4.78, 5) is 24.2. The van der Waals surface area contributed by atoms with Gasteiger partial charge in [-0.15, -0.1) is 12.4 Å². The lowest BCUT2D eigenvalue weighted by atomic mass is 9.84. The molecule has 0 radical (unpaired) electrons. The van der Waals surface area contributed by atoms with Gasteiger partial charge in [0.1, 0.15) is 0 Å². The fraction of sp³-hybridized carbons (Fsp3) is 0.889. The van der Waals surface area contributed by atoms with Gasteiger partial charge in [-0.1, -0.05) is 19.3 Å². The number of carbonyl (C=O) groups excluding carboxylic acids is 2. The molecule has 140 valence electrons. The van der Waals surface area contributed by atoms with Crippen molar-refractivity contribution in [1.82, 2.24) is 16.0 Å². The molecule has 2 aliphatic carbocycles. The van der Waals surface area contributed by atoms with Crippen LogP contribution in [0.1, 0.15) is 64.2 Å². The van der Waals surface area contributed by atoms with Gasteiger partial charge < -0.3 is 16.0 Å². The zero-order valence-electron chi connectivity index (χ0n) is 14.9. The van der Waals surface area contributed by atoms with Crippen molar-refractivity contribution in [1.29, 1.82) is 0 Å².